The van der Waals surface area contributed by atoms with Crippen LogP contribution in [0, 0.1) is 5.92 Å². The van der Waals surface area contributed by atoms with Gasteiger partial charge in [0.1, 0.15) is 0 Å². The number of rotatable bonds is 3. The Morgan fingerprint density at radius 1 is 1.21 bits per heavy atom. The maximum atomic E-state index is 5.67. The number of hydrogen-bond donors (Lipinski definition) is 1. The first kappa shape index (κ1) is 8.49. The predicted octanol–water partition coefficient (Wildman–Crippen LogP) is 2.63. The molecule has 2 aliphatic rings. The third-order valence-corrected chi connectivity index (χ3v) is 3.61. The minimum Gasteiger partial charge on any atom is -0.330 e. The summed E-state index contributed by atoms with van der Waals surface area (Å²) >= 11 is 0. The molecular formula is C13H17N. The maximum Gasteiger partial charge on any atom is -0.00428 e. The van der Waals surface area contributed by atoms with Crippen molar-refractivity contribution in [3.05, 3.63) is 35.4 Å². The molecule has 1 heteroatoms. The van der Waals surface area contributed by atoms with Crippen molar-refractivity contribution in [1.29, 1.82) is 0 Å². The fraction of sp³-hybridized carbons (Fsp3) is 0.538. The maximum absolute atomic E-state index is 5.67. The summed E-state index contributed by atoms with van der Waals surface area (Å²) in [6, 6.07) is 9.18. The van der Waals surface area contributed by atoms with Gasteiger partial charge in [0.2, 0.25) is 0 Å². The SMILES string of the molecule is NC[C@@H]1C[C@H]1c1cccc(C2CC2)c1. The Balaban J connectivity index is 1.81. The second-order valence-electron chi connectivity index (χ2n) is 4.78. The summed E-state index contributed by atoms with van der Waals surface area (Å²) in [4.78, 5) is 0. The highest BCUT2D eigenvalue weighted by atomic mass is 14.6. The van der Waals surface area contributed by atoms with Crippen molar-refractivity contribution in [2.24, 2.45) is 11.7 Å². The van der Waals surface area contributed by atoms with Gasteiger partial charge >= 0.3 is 0 Å². The second-order valence-corrected chi connectivity index (χ2v) is 4.78. The molecule has 0 unspecified atom stereocenters. The van der Waals surface area contributed by atoms with Crippen molar-refractivity contribution in [3.8, 4) is 0 Å². The molecule has 0 aliphatic heterocycles. The van der Waals surface area contributed by atoms with Gasteiger partial charge < -0.3 is 5.73 Å². The van der Waals surface area contributed by atoms with Crippen LogP contribution < -0.4 is 5.73 Å². The predicted molar refractivity (Wildman–Crippen MR) is 58.3 cm³/mol. The highest BCUT2D eigenvalue weighted by molar-refractivity contribution is 5.34. The van der Waals surface area contributed by atoms with E-state index in [0.717, 1.165) is 24.3 Å². The minimum atomic E-state index is 0.768. The van der Waals surface area contributed by atoms with E-state index >= 15 is 0 Å². The third kappa shape index (κ3) is 1.46. The molecule has 1 aromatic carbocycles. The van der Waals surface area contributed by atoms with Gasteiger partial charge in [-0.3, -0.25) is 0 Å². The lowest BCUT2D eigenvalue weighted by atomic mass is 10.0. The van der Waals surface area contributed by atoms with Gasteiger partial charge in [-0.05, 0) is 54.7 Å². The lowest BCUT2D eigenvalue weighted by molar-refractivity contribution is 0.809. The van der Waals surface area contributed by atoms with Crippen LogP contribution in [0.3, 0.4) is 0 Å². The Kier molecular flexibility index (Phi) is 1.88. The van der Waals surface area contributed by atoms with Crippen LogP contribution in [0.2, 0.25) is 0 Å². The van der Waals surface area contributed by atoms with Gasteiger partial charge in [-0.15, -0.1) is 0 Å². The average molecular weight is 187 g/mol. The van der Waals surface area contributed by atoms with E-state index in [1.165, 1.54) is 24.8 Å². The van der Waals surface area contributed by atoms with Gasteiger partial charge in [0.15, 0.2) is 0 Å². The third-order valence-electron chi connectivity index (χ3n) is 3.61. The zero-order valence-corrected chi connectivity index (χ0v) is 8.45. The first-order valence-electron chi connectivity index (χ1n) is 5.68. The quantitative estimate of drug-likeness (QED) is 0.773. The van der Waals surface area contributed by atoms with Crippen molar-refractivity contribution in [2.45, 2.75) is 31.1 Å². The molecular weight excluding hydrogens is 170 g/mol. The van der Waals surface area contributed by atoms with Gasteiger partial charge in [-0.2, -0.15) is 0 Å². The van der Waals surface area contributed by atoms with E-state index in [1.54, 1.807) is 5.56 Å². The van der Waals surface area contributed by atoms with Crippen LogP contribution in [0.1, 0.15) is 42.2 Å². The van der Waals surface area contributed by atoms with E-state index < -0.39 is 0 Å². The monoisotopic (exact) mass is 187 g/mol. The topological polar surface area (TPSA) is 26.0 Å². The minimum absolute atomic E-state index is 0.768. The van der Waals surface area contributed by atoms with Gasteiger partial charge in [0.25, 0.3) is 0 Å². The molecule has 1 nitrogen and oxygen atoms in total. The smallest absolute Gasteiger partial charge is 0.00428 e. The van der Waals surface area contributed by atoms with Gasteiger partial charge in [0.05, 0.1) is 0 Å². The summed E-state index contributed by atoms with van der Waals surface area (Å²) in [7, 11) is 0. The van der Waals surface area contributed by atoms with E-state index in [1.807, 2.05) is 0 Å². The van der Waals surface area contributed by atoms with Crippen molar-refractivity contribution >= 4 is 0 Å². The molecule has 0 amide bonds. The van der Waals surface area contributed by atoms with Crippen LogP contribution in [0.5, 0.6) is 0 Å². The van der Waals surface area contributed by atoms with E-state index in [9.17, 15) is 0 Å². The molecule has 74 valence electrons. The van der Waals surface area contributed by atoms with E-state index in [2.05, 4.69) is 24.3 Å². The lowest BCUT2D eigenvalue weighted by Gasteiger charge is -2.03. The van der Waals surface area contributed by atoms with E-state index in [-0.39, 0.29) is 0 Å². The van der Waals surface area contributed by atoms with Gasteiger partial charge in [0, 0.05) is 0 Å². The largest absolute Gasteiger partial charge is 0.330 e. The molecule has 0 aromatic heterocycles. The Bertz CT molecular complexity index is 341. The molecule has 14 heavy (non-hydrogen) atoms. The summed E-state index contributed by atoms with van der Waals surface area (Å²) in [5, 5.41) is 0. The molecule has 2 saturated carbocycles. The summed E-state index contributed by atoms with van der Waals surface area (Å²) in [6.07, 6.45) is 4.10. The molecule has 2 aliphatic carbocycles. The standard InChI is InChI=1S/C13H17N/c14-8-12-7-13(12)11-3-1-2-10(6-11)9-4-5-9/h1-3,6,9,12-13H,4-5,7-8,14H2/t12-,13-/m0/s1. The van der Waals surface area contributed by atoms with Gasteiger partial charge in [-0.25, -0.2) is 0 Å². The van der Waals surface area contributed by atoms with Crippen LogP contribution >= 0.6 is 0 Å². The molecule has 0 saturated heterocycles. The fourth-order valence-electron chi connectivity index (χ4n) is 2.38. The molecule has 1 aromatic rings. The van der Waals surface area contributed by atoms with Gasteiger partial charge in [-0.1, -0.05) is 24.3 Å². The molecule has 0 spiro atoms. The summed E-state index contributed by atoms with van der Waals surface area (Å²) in [5.74, 6) is 2.42. The molecule has 2 N–H and O–H groups in total. The highest BCUT2D eigenvalue weighted by Gasteiger charge is 2.37. The number of benzene rings is 1. The fourth-order valence-corrected chi connectivity index (χ4v) is 2.38. The summed E-state index contributed by atoms with van der Waals surface area (Å²) < 4.78 is 0. The Morgan fingerprint density at radius 3 is 2.64 bits per heavy atom. The average Bonchev–Trinajstić information content (AvgIpc) is 3.11. The molecule has 0 bridgehead atoms. The van der Waals surface area contributed by atoms with Crippen molar-refractivity contribution < 1.29 is 0 Å². The van der Waals surface area contributed by atoms with Crippen LogP contribution in [0.25, 0.3) is 0 Å². The van der Waals surface area contributed by atoms with Crippen molar-refractivity contribution in [1.82, 2.24) is 0 Å². The first-order chi connectivity index (χ1) is 6.88. The highest BCUT2D eigenvalue weighted by Crippen LogP contribution is 2.48. The Labute approximate surface area is 85.3 Å². The molecule has 2 fully saturated rings. The molecule has 3 rings (SSSR count). The zero-order chi connectivity index (χ0) is 9.54. The van der Waals surface area contributed by atoms with Crippen molar-refractivity contribution in [3.63, 3.8) is 0 Å². The molecule has 0 radical (unpaired) electrons. The number of hydrogen-bond acceptors (Lipinski definition) is 1. The van der Waals surface area contributed by atoms with E-state index in [0.29, 0.717) is 0 Å². The second kappa shape index (κ2) is 3.09. The van der Waals surface area contributed by atoms with Crippen LogP contribution in [-0.4, -0.2) is 6.54 Å². The zero-order valence-electron chi connectivity index (χ0n) is 8.45. The molecule has 2 atom stereocenters. The Hall–Kier alpha value is -0.820. The number of nitrogens with two attached hydrogens (primary N) is 1. The van der Waals surface area contributed by atoms with E-state index in [4.69, 9.17) is 5.73 Å². The van der Waals surface area contributed by atoms with Crippen molar-refractivity contribution in [2.75, 3.05) is 6.54 Å². The summed E-state index contributed by atoms with van der Waals surface area (Å²) in [5.41, 5.74) is 8.76. The first-order valence-corrected chi connectivity index (χ1v) is 5.68. The Morgan fingerprint density at radius 2 is 2.00 bits per heavy atom. The summed E-state index contributed by atoms with van der Waals surface area (Å²) in [6.45, 7) is 0.859. The van der Waals surface area contributed by atoms with Crippen LogP contribution in [-0.2, 0) is 0 Å². The normalized spacial score (nSPS) is 30.4. The van der Waals surface area contributed by atoms with Crippen LogP contribution in [0.15, 0.2) is 24.3 Å². The lowest BCUT2D eigenvalue weighted by Crippen LogP contribution is -2.02. The van der Waals surface area contributed by atoms with Crippen LogP contribution in [0.4, 0.5) is 0 Å². The molecule has 0 heterocycles.